The molecule has 0 saturated carbocycles. The Labute approximate surface area is 159 Å². The van der Waals surface area contributed by atoms with Crippen molar-refractivity contribution in [2.75, 3.05) is 19.6 Å². The smallest absolute Gasteiger partial charge is 0.224 e. The first-order chi connectivity index (χ1) is 11.9. The molecule has 138 valence electrons. The highest BCUT2D eigenvalue weighted by Crippen LogP contribution is 2.27. The Morgan fingerprint density at radius 1 is 1.32 bits per heavy atom. The second-order valence-electron chi connectivity index (χ2n) is 7.03. The zero-order chi connectivity index (χ0) is 18.4. The maximum Gasteiger partial charge on any atom is 0.224 e. The fraction of sp³-hybridized carbons (Fsp3) is 0.579. The zero-order valence-electron chi connectivity index (χ0n) is 14.9. The Morgan fingerprint density at radius 2 is 2.08 bits per heavy atom. The van der Waals surface area contributed by atoms with E-state index in [0.717, 1.165) is 24.9 Å². The number of carbonyl (C=O) groups is 2. The van der Waals surface area contributed by atoms with Crippen molar-refractivity contribution in [2.45, 2.75) is 39.5 Å². The number of piperidine rings is 1. The largest absolute Gasteiger partial charge is 0.356 e. The molecule has 2 rings (SSSR count). The van der Waals surface area contributed by atoms with E-state index in [1.54, 1.807) is 6.07 Å². The van der Waals surface area contributed by atoms with E-state index in [1.165, 1.54) is 0 Å². The van der Waals surface area contributed by atoms with Gasteiger partial charge in [0, 0.05) is 26.1 Å². The van der Waals surface area contributed by atoms with Crippen molar-refractivity contribution in [1.82, 2.24) is 10.2 Å². The summed E-state index contributed by atoms with van der Waals surface area (Å²) < 4.78 is 0. The van der Waals surface area contributed by atoms with Gasteiger partial charge in [-0.25, -0.2) is 0 Å². The fourth-order valence-corrected chi connectivity index (χ4v) is 3.42. The number of amides is 2. The molecule has 0 aliphatic carbocycles. The van der Waals surface area contributed by atoms with Crippen molar-refractivity contribution in [3.8, 4) is 0 Å². The number of rotatable bonds is 6. The van der Waals surface area contributed by atoms with Gasteiger partial charge in [0.1, 0.15) is 0 Å². The molecule has 6 heteroatoms. The van der Waals surface area contributed by atoms with E-state index in [2.05, 4.69) is 19.2 Å². The van der Waals surface area contributed by atoms with E-state index in [9.17, 15) is 9.59 Å². The van der Waals surface area contributed by atoms with Gasteiger partial charge in [0.25, 0.3) is 0 Å². The average Bonchev–Trinajstić information content (AvgIpc) is 2.60. The number of hydrogen-bond acceptors (Lipinski definition) is 2. The van der Waals surface area contributed by atoms with Gasteiger partial charge in [-0.05, 0) is 36.8 Å². The van der Waals surface area contributed by atoms with Crippen molar-refractivity contribution >= 4 is 35.0 Å². The van der Waals surface area contributed by atoms with Crippen LogP contribution in [0.4, 0.5) is 0 Å². The SMILES string of the molecule is CC(C)CNC(=O)[C@@H]1CCCN(C(=O)CCc2cccc(Cl)c2Cl)C1. The molecule has 2 amide bonds. The van der Waals surface area contributed by atoms with E-state index in [-0.39, 0.29) is 17.7 Å². The molecule has 0 bridgehead atoms. The highest BCUT2D eigenvalue weighted by atomic mass is 35.5. The van der Waals surface area contributed by atoms with Gasteiger partial charge in [-0.3, -0.25) is 9.59 Å². The summed E-state index contributed by atoms with van der Waals surface area (Å²) in [6, 6.07) is 5.46. The molecule has 25 heavy (non-hydrogen) atoms. The highest BCUT2D eigenvalue weighted by molar-refractivity contribution is 6.42. The topological polar surface area (TPSA) is 49.4 Å². The molecular formula is C19H26Cl2N2O2. The van der Waals surface area contributed by atoms with Crippen LogP contribution in [0.5, 0.6) is 0 Å². The van der Waals surface area contributed by atoms with Crippen LogP contribution in [0.25, 0.3) is 0 Å². The average molecular weight is 385 g/mol. The zero-order valence-corrected chi connectivity index (χ0v) is 16.4. The van der Waals surface area contributed by atoms with Gasteiger partial charge in [-0.15, -0.1) is 0 Å². The van der Waals surface area contributed by atoms with Gasteiger partial charge in [-0.2, -0.15) is 0 Å². The van der Waals surface area contributed by atoms with E-state index < -0.39 is 0 Å². The van der Waals surface area contributed by atoms with Crippen LogP contribution in [-0.2, 0) is 16.0 Å². The fourth-order valence-electron chi connectivity index (χ4n) is 3.01. The number of aryl methyl sites for hydroxylation is 1. The molecule has 1 N–H and O–H groups in total. The molecule has 0 spiro atoms. The van der Waals surface area contributed by atoms with Crippen molar-refractivity contribution < 1.29 is 9.59 Å². The third kappa shape index (κ3) is 5.89. The van der Waals surface area contributed by atoms with Gasteiger partial charge in [0.2, 0.25) is 11.8 Å². The third-order valence-corrected chi connectivity index (χ3v) is 5.33. The number of halogens is 2. The lowest BCUT2D eigenvalue weighted by atomic mass is 9.96. The molecule has 1 heterocycles. The van der Waals surface area contributed by atoms with Crippen LogP contribution in [0.2, 0.25) is 10.0 Å². The van der Waals surface area contributed by atoms with Crippen molar-refractivity contribution in [2.24, 2.45) is 11.8 Å². The number of nitrogens with zero attached hydrogens (tertiary/aromatic N) is 1. The van der Waals surface area contributed by atoms with Crippen molar-refractivity contribution in [1.29, 1.82) is 0 Å². The molecule has 1 fully saturated rings. The minimum atomic E-state index is -0.105. The van der Waals surface area contributed by atoms with Gasteiger partial charge in [0.05, 0.1) is 16.0 Å². The molecular weight excluding hydrogens is 359 g/mol. The van der Waals surface area contributed by atoms with Gasteiger partial charge in [0.15, 0.2) is 0 Å². The monoisotopic (exact) mass is 384 g/mol. The quantitative estimate of drug-likeness (QED) is 0.807. The van der Waals surface area contributed by atoms with Gasteiger partial charge >= 0.3 is 0 Å². The number of nitrogens with one attached hydrogen (secondary N) is 1. The first-order valence-electron chi connectivity index (χ1n) is 8.87. The van der Waals surface area contributed by atoms with Crippen molar-refractivity contribution in [3.63, 3.8) is 0 Å². The van der Waals surface area contributed by atoms with Gasteiger partial charge in [-0.1, -0.05) is 49.2 Å². The number of likely N-dealkylation sites (tertiary alicyclic amines) is 1. The normalized spacial score (nSPS) is 17.6. The summed E-state index contributed by atoms with van der Waals surface area (Å²) in [6.07, 6.45) is 2.64. The third-order valence-electron chi connectivity index (χ3n) is 4.47. The summed E-state index contributed by atoms with van der Waals surface area (Å²) in [5, 5.41) is 4.00. The lowest BCUT2D eigenvalue weighted by molar-refractivity contribution is -0.135. The summed E-state index contributed by atoms with van der Waals surface area (Å²) in [4.78, 5) is 26.6. The minimum absolute atomic E-state index is 0.0593. The first kappa shape index (κ1) is 20.1. The summed E-state index contributed by atoms with van der Waals surface area (Å²) in [5.41, 5.74) is 0.880. The van der Waals surface area contributed by atoms with Crippen LogP contribution in [0, 0.1) is 11.8 Å². The van der Waals surface area contributed by atoms with Crippen LogP contribution in [0.15, 0.2) is 18.2 Å². The number of benzene rings is 1. The Morgan fingerprint density at radius 3 is 2.80 bits per heavy atom. The predicted molar refractivity (Wildman–Crippen MR) is 102 cm³/mol. The lowest BCUT2D eigenvalue weighted by Gasteiger charge is -2.32. The van der Waals surface area contributed by atoms with Crippen LogP contribution in [-0.4, -0.2) is 36.3 Å². The molecule has 1 aromatic rings. The maximum absolute atomic E-state index is 12.5. The molecule has 1 atom stereocenters. The molecule has 0 radical (unpaired) electrons. The second-order valence-corrected chi connectivity index (χ2v) is 7.82. The molecule has 1 aliphatic heterocycles. The summed E-state index contributed by atoms with van der Waals surface area (Å²) in [6.45, 7) is 6.04. The summed E-state index contributed by atoms with van der Waals surface area (Å²) in [7, 11) is 0. The molecule has 1 saturated heterocycles. The molecule has 4 nitrogen and oxygen atoms in total. The standard InChI is InChI=1S/C19H26Cl2N2O2/c1-13(2)11-22-19(25)15-6-4-10-23(12-15)17(24)9-8-14-5-3-7-16(20)18(14)21/h3,5,7,13,15H,4,6,8-12H2,1-2H3,(H,22,25)/t15-/m1/s1. The van der Waals surface area contributed by atoms with Crippen molar-refractivity contribution in [3.05, 3.63) is 33.8 Å². The lowest BCUT2D eigenvalue weighted by Crippen LogP contribution is -2.46. The molecule has 1 aromatic carbocycles. The minimum Gasteiger partial charge on any atom is -0.356 e. The Hall–Kier alpha value is -1.26. The summed E-state index contributed by atoms with van der Waals surface area (Å²) >= 11 is 12.2. The second kappa shape index (κ2) is 9.44. The van der Waals surface area contributed by atoms with Crippen LogP contribution < -0.4 is 5.32 Å². The van der Waals surface area contributed by atoms with Crippen LogP contribution in [0.3, 0.4) is 0 Å². The first-order valence-corrected chi connectivity index (χ1v) is 9.62. The predicted octanol–water partition coefficient (Wildman–Crippen LogP) is 3.94. The van der Waals surface area contributed by atoms with E-state index in [1.807, 2.05) is 17.0 Å². The van der Waals surface area contributed by atoms with E-state index in [4.69, 9.17) is 23.2 Å². The number of carbonyl (C=O) groups excluding carboxylic acids is 2. The summed E-state index contributed by atoms with van der Waals surface area (Å²) in [5.74, 6) is 0.445. The Kier molecular flexibility index (Phi) is 7.57. The van der Waals surface area contributed by atoms with E-state index in [0.29, 0.717) is 41.9 Å². The Bertz CT molecular complexity index is 619. The number of hydrogen-bond donors (Lipinski definition) is 1. The molecule has 0 aromatic heterocycles. The van der Waals surface area contributed by atoms with Crippen LogP contribution in [0.1, 0.15) is 38.7 Å². The highest BCUT2D eigenvalue weighted by Gasteiger charge is 2.28. The Balaban J connectivity index is 1.86. The molecule has 1 aliphatic rings. The van der Waals surface area contributed by atoms with E-state index >= 15 is 0 Å². The maximum atomic E-state index is 12.5. The van der Waals surface area contributed by atoms with Crippen LogP contribution >= 0.6 is 23.2 Å². The molecule has 0 unspecified atom stereocenters. The van der Waals surface area contributed by atoms with Gasteiger partial charge < -0.3 is 10.2 Å².